The van der Waals surface area contributed by atoms with Crippen LogP contribution in [0.1, 0.15) is 16.1 Å². The number of furan rings is 1. The topological polar surface area (TPSA) is 111 Å². The molecule has 0 fully saturated rings. The molecule has 2 heterocycles. The number of benzene rings is 3. The lowest BCUT2D eigenvalue weighted by Gasteiger charge is -2.09. The number of hydrogen-bond donors (Lipinski definition) is 1. The Labute approximate surface area is 199 Å². The minimum absolute atomic E-state index is 0.0579. The van der Waals surface area contributed by atoms with Crippen molar-refractivity contribution in [3.63, 3.8) is 0 Å². The molecular formula is C27H18N4O4. The van der Waals surface area contributed by atoms with Crippen LogP contribution >= 0.6 is 0 Å². The molecule has 8 heteroatoms. The van der Waals surface area contributed by atoms with Gasteiger partial charge in [-0.1, -0.05) is 60.7 Å². The molecule has 1 N–H and O–H groups in total. The highest BCUT2D eigenvalue weighted by atomic mass is 16.6. The van der Waals surface area contributed by atoms with Gasteiger partial charge >= 0.3 is 0 Å². The zero-order valence-corrected chi connectivity index (χ0v) is 18.3. The van der Waals surface area contributed by atoms with Crippen molar-refractivity contribution >= 4 is 28.7 Å². The Morgan fingerprint density at radius 1 is 0.943 bits per heavy atom. The number of carbonyl (C=O) groups excluding carboxylic acids is 1. The standard InChI is InChI=1S/C27H18N4O4/c32-27(22-16-24(18-8-2-1-3-9-18)29-23-12-6-4-10-20(22)23)30-28-17-19-14-15-26(35-19)21-11-5-7-13-25(21)31(33)34/h1-17H,(H,30,32)/b28-17-. The Bertz CT molecular complexity index is 1580. The van der Waals surface area contributed by atoms with E-state index in [1.54, 1.807) is 36.4 Å². The number of fused-ring (bicyclic) bond motifs is 1. The third-order valence-corrected chi connectivity index (χ3v) is 5.38. The Balaban J connectivity index is 1.39. The van der Waals surface area contributed by atoms with Gasteiger partial charge in [-0.25, -0.2) is 10.4 Å². The summed E-state index contributed by atoms with van der Waals surface area (Å²) in [7, 11) is 0. The molecule has 0 unspecified atom stereocenters. The predicted molar refractivity (Wildman–Crippen MR) is 133 cm³/mol. The summed E-state index contributed by atoms with van der Waals surface area (Å²) in [6.07, 6.45) is 1.34. The summed E-state index contributed by atoms with van der Waals surface area (Å²) in [6, 6.07) is 28.3. The molecule has 0 aliphatic carbocycles. The van der Waals surface area contributed by atoms with Crippen molar-refractivity contribution in [3.05, 3.63) is 118 Å². The van der Waals surface area contributed by atoms with Crippen molar-refractivity contribution in [2.24, 2.45) is 5.10 Å². The van der Waals surface area contributed by atoms with Crippen molar-refractivity contribution in [2.45, 2.75) is 0 Å². The Morgan fingerprint density at radius 3 is 2.51 bits per heavy atom. The lowest BCUT2D eigenvalue weighted by atomic mass is 10.0. The molecule has 170 valence electrons. The van der Waals surface area contributed by atoms with E-state index in [4.69, 9.17) is 4.42 Å². The molecule has 0 saturated carbocycles. The SMILES string of the molecule is O=C(N/N=C\c1ccc(-c2ccccc2[N+](=O)[O-])o1)c1cc(-c2ccccc2)nc2ccccc12. The van der Waals surface area contributed by atoms with Gasteiger partial charge in [0.05, 0.1) is 33.5 Å². The second-order valence-electron chi connectivity index (χ2n) is 7.61. The van der Waals surface area contributed by atoms with E-state index >= 15 is 0 Å². The van der Waals surface area contributed by atoms with E-state index in [9.17, 15) is 14.9 Å². The first-order valence-corrected chi connectivity index (χ1v) is 10.7. The molecule has 8 nitrogen and oxygen atoms in total. The van der Waals surface area contributed by atoms with Crippen molar-refractivity contribution in [3.8, 4) is 22.6 Å². The van der Waals surface area contributed by atoms with Gasteiger partial charge in [-0.3, -0.25) is 14.9 Å². The van der Waals surface area contributed by atoms with Crippen molar-refractivity contribution < 1.29 is 14.1 Å². The molecule has 0 radical (unpaired) electrons. The molecule has 2 aromatic heterocycles. The summed E-state index contributed by atoms with van der Waals surface area (Å²) in [5.74, 6) is 0.267. The summed E-state index contributed by atoms with van der Waals surface area (Å²) >= 11 is 0. The highest BCUT2D eigenvalue weighted by Gasteiger charge is 2.17. The zero-order chi connectivity index (χ0) is 24.2. The third kappa shape index (κ3) is 4.53. The van der Waals surface area contributed by atoms with Gasteiger partial charge in [0.25, 0.3) is 11.6 Å². The van der Waals surface area contributed by atoms with Gasteiger partial charge in [0, 0.05) is 17.0 Å². The number of carbonyl (C=O) groups is 1. The van der Waals surface area contributed by atoms with Gasteiger partial charge in [-0.05, 0) is 30.3 Å². The molecular weight excluding hydrogens is 444 g/mol. The van der Waals surface area contributed by atoms with Gasteiger partial charge in [-0.15, -0.1) is 0 Å². The fourth-order valence-corrected chi connectivity index (χ4v) is 3.74. The van der Waals surface area contributed by atoms with E-state index in [1.807, 2.05) is 54.6 Å². The molecule has 0 aliphatic heterocycles. The Hall–Kier alpha value is -5.11. The van der Waals surface area contributed by atoms with E-state index in [-0.39, 0.29) is 5.69 Å². The first kappa shape index (κ1) is 21.7. The Morgan fingerprint density at radius 2 is 1.69 bits per heavy atom. The minimum Gasteiger partial charge on any atom is -0.455 e. The maximum absolute atomic E-state index is 13.0. The number of nitro benzene ring substituents is 1. The summed E-state index contributed by atoms with van der Waals surface area (Å²) in [5, 5.41) is 16.0. The quantitative estimate of drug-likeness (QED) is 0.194. The fourth-order valence-electron chi connectivity index (χ4n) is 3.74. The number of nitro groups is 1. The smallest absolute Gasteiger partial charge is 0.280 e. The van der Waals surface area contributed by atoms with Crippen LogP contribution in [0.15, 0.2) is 107 Å². The van der Waals surface area contributed by atoms with Crippen molar-refractivity contribution in [2.75, 3.05) is 0 Å². The zero-order valence-electron chi connectivity index (χ0n) is 18.3. The molecule has 0 atom stereocenters. The highest BCUT2D eigenvalue weighted by Crippen LogP contribution is 2.30. The molecule has 0 aliphatic rings. The van der Waals surface area contributed by atoms with Crippen LogP contribution in [0.2, 0.25) is 0 Å². The van der Waals surface area contributed by atoms with Gasteiger partial charge in [0.1, 0.15) is 11.5 Å². The summed E-state index contributed by atoms with van der Waals surface area (Å²) in [5.41, 5.74) is 5.54. The number of aromatic nitrogens is 1. The van der Waals surface area contributed by atoms with Crippen molar-refractivity contribution in [1.82, 2.24) is 10.4 Å². The van der Waals surface area contributed by atoms with Crippen LogP contribution in [0.4, 0.5) is 5.69 Å². The number of hydrazone groups is 1. The maximum atomic E-state index is 13.0. The molecule has 0 saturated heterocycles. The first-order chi connectivity index (χ1) is 17.1. The number of nitrogens with zero attached hydrogens (tertiary/aromatic N) is 3. The van der Waals surface area contributed by atoms with Crippen LogP contribution in [0, 0.1) is 10.1 Å². The second kappa shape index (κ2) is 9.40. The molecule has 5 aromatic rings. The summed E-state index contributed by atoms with van der Waals surface area (Å²) in [4.78, 5) is 28.5. The van der Waals surface area contributed by atoms with Crippen molar-refractivity contribution in [1.29, 1.82) is 0 Å². The van der Waals surface area contributed by atoms with Gasteiger partial charge in [0.2, 0.25) is 0 Å². The second-order valence-corrected chi connectivity index (χ2v) is 7.61. The fraction of sp³-hybridized carbons (Fsp3) is 0. The summed E-state index contributed by atoms with van der Waals surface area (Å²) < 4.78 is 5.68. The van der Waals surface area contributed by atoms with Gasteiger partial charge in [-0.2, -0.15) is 5.10 Å². The Kier molecular flexibility index (Phi) is 5.83. The first-order valence-electron chi connectivity index (χ1n) is 10.7. The summed E-state index contributed by atoms with van der Waals surface area (Å²) in [6.45, 7) is 0. The molecule has 3 aromatic carbocycles. The monoisotopic (exact) mass is 462 g/mol. The average Bonchev–Trinajstić information content (AvgIpc) is 3.37. The predicted octanol–water partition coefficient (Wildman–Crippen LogP) is 5.83. The van der Waals surface area contributed by atoms with Crippen LogP contribution < -0.4 is 5.43 Å². The largest absolute Gasteiger partial charge is 0.455 e. The van der Waals surface area contributed by atoms with Crippen LogP contribution in [0.25, 0.3) is 33.5 Å². The van der Waals surface area contributed by atoms with E-state index < -0.39 is 10.8 Å². The number of nitrogens with one attached hydrogen (secondary N) is 1. The van der Waals surface area contributed by atoms with Crippen LogP contribution in [-0.2, 0) is 0 Å². The molecule has 0 bridgehead atoms. The lowest BCUT2D eigenvalue weighted by molar-refractivity contribution is -0.384. The van der Waals surface area contributed by atoms with E-state index in [0.29, 0.717) is 39.2 Å². The van der Waals surface area contributed by atoms with E-state index in [0.717, 1.165) is 5.56 Å². The maximum Gasteiger partial charge on any atom is 0.280 e. The third-order valence-electron chi connectivity index (χ3n) is 5.38. The average molecular weight is 462 g/mol. The number of amides is 1. The lowest BCUT2D eigenvalue weighted by Crippen LogP contribution is -2.18. The van der Waals surface area contributed by atoms with Gasteiger partial charge in [0.15, 0.2) is 0 Å². The highest BCUT2D eigenvalue weighted by molar-refractivity contribution is 6.07. The molecule has 35 heavy (non-hydrogen) atoms. The van der Waals surface area contributed by atoms with Crippen LogP contribution in [-0.4, -0.2) is 22.0 Å². The molecule has 1 amide bonds. The van der Waals surface area contributed by atoms with Crippen LogP contribution in [0.3, 0.4) is 0 Å². The van der Waals surface area contributed by atoms with E-state index in [1.165, 1.54) is 12.3 Å². The molecule has 5 rings (SSSR count). The number of hydrogen-bond acceptors (Lipinski definition) is 6. The van der Waals surface area contributed by atoms with Crippen LogP contribution in [0.5, 0.6) is 0 Å². The number of pyridine rings is 1. The van der Waals surface area contributed by atoms with Gasteiger partial charge < -0.3 is 4.42 Å². The molecule has 0 spiro atoms. The van der Waals surface area contributed by atoms with E-state index in [2.05, 4.69) is 15.5 Å². The normalized spacial score (nSPS) is 11.1. The minimum atomic E-state index is -0.464. The number of para-hydroxylation sites is 2. The number of rotatable bonds is 6.